The van der Waals surface area contributed by atoms with E-state index in [9.17, 15) is 4.39 Å². The van der Waals surface area contributed by atoms with Gasteiger partial charge in [0.05, 0.1) is 15.9 Å². The molecule has 0 aliphatic heterocycles. The van der Waals surface area contributed by atoms with Gasteiger partial charge in [-0.3, -0.25) is 0 Å². The van der Waals surface area contributed by atoms with Gasteiger partial charge in [0.2, 0.25) is 0 Å². The van der Waals surface area contributed by atoms with E-state index in [0.29, 0.717) is 10.8 Å². The Morgan fingerprint density at radius 2 is 2.15 bits per heavy atom. The van der Waals surface area contributed by atoms with Gasteiger partial charge < -0.3 is 5.32 Å². The molecule has 1 N–H and O–H groups in total. The first-order chi connectivity index (χ1) is 9.67. The van der Waals surface area contributed by atoms with Crippen molar-refractivity contribution in [3.8, 4) is 6.07 Å². The van der Waals surface area contributed by atoms with Crippen LogP contribution in [0.3, 0.4) is 0 Å². The summed E-state index contributed by atoms with van der Waals surface area (Å²) in [5, 5.41) is 12.7. The molecule has 0 aliphatic rings. The number of rotatable bonds is 2. The van der Waals surface area contributed by atoms with Crippen molar-refractivity contribution in [1.29, 1.82) is 5.26 Å². The Morgan fingerprint density at radius 1 is 1.30 bits per heavy atom. The molecule has 0 aliphatic carbocycles. The fourth-order valence-electron chi connectivity index (χ4n) is 1.94. The molecule has 0 saturated carbocycles. The summed E-state index contributed by atoms with van der Waals surface area (Å²) in [6.07, 6.45) is 0. The largest absolute Gasteiger partial charge is 0.330 e. The summed E-state index contributed by atoms with van der Waals surface area (Å²) in [5.41, 5.74) is 2.49. The fraction of sp³-hybridized carbons (Fsp3) is 0.0667. The summed E-state index contributed by atoms with van der Waals surface area (Å²) in [5.74, 6) is -0.533. The normalized spacial score (nSPS) is 10.4. The molecular weight excluding hydrogens is 273 g/mol. The number of aromatic nitrogens is 1. The first kappa shape index (κ1) is 12.6. The van der Waals surface area contributed by atoms with Crippen molar-refractivity contribution in [2.75, 3.05) is 5.32 Å². The van der Waals surface area contributed by atoms with Crippen molar-refractivity contribution in [3.05, 3.63) is 53.3 Å². The van der Waals surface area contributed by atoms with Crippen LogP contribution in [0.1, 0.15) is 11.1 Å². The molecule has 1 aromatic heterocycles. The van der Waals surface area contributed by atoms with E-state index in [1.807, 2.05) is 25.1 Å². The highest BCUT2D eigenvalue weighted by molar-refractivity contribution is 7.22. The third-order valence-electron chi connectivity index (χ3n) is 2.91. The molecule has 0 radical (unpaired) electrons. The van der Waals surface area contributed by atoms with E-state index in [1.165, 1.54) is 17.4 Å². The zero-order valence-electron chi connectivity index (χ0n) is 10.6. The molecule has 0 atom stereocenters. The van der Waals surface area contributed by atoms with Crippen molar-refractivity contribution in [2.24, 2.45) is 0 Å². The lowest BCUT2D eigenvalue weighted by atomic mass is 10.2. The van der Waals surface area contributed by atoms with E-state index in [2.05, 4.69) is 16.4 Å². The van der Waals surface area contributed by atoms with Crippen LogP contribution in [0.5, 0.6) is 0 Å². The van der Waals surface area contributed by atoms with E-state index in [0.717, 1.165) is 15.8 Å². The second-order valence-electron chi connectivity index (χ2n) is 4.39. The van der Waals surface area contributed by atoms with Crippen LogP contribution < -0.4 is 5.32 Å². The zero-order chi connectivity index (χ0) is 14.1. The van der Waals surface area contributed by atoms with E-state index in [1.54, 1.807) is 12.1 Å². The van der Waals surface area contributed by atoms with Crippen molar-refractivity contribution < 1.29 is 4.39 Å². The van der Waals surface area contributed by atoms with Gasteiger partial charge in [0, 0.05) is 0 Å². The first-order valence-electron chi connectivity index (χ1n) is 6.00. The number of hydrogen-bond donors (Lipinski definition) is 1. The molecule has 98 valence electrons. The number of nitrogens with zero attached hydrogens (tertiary/aromatic N) is 2. The molecule has 1 heterocycles. The number of thiazole rings is 1. The molecule has 0 spiro atoms. The molecule has 3 rings (SSSR count). The van der Waals surface area contributed by atoms with Crippen molar-refractivity contribution in [3.63, 3.8) is 0 Å². The molecule has 0 saturated heterocycles. The second kappa shape index (κ2) is 4.91. The van der Waals surface area contributed by atoms with Crippen LogP contribution >= 0.6 is 11.3 Å². The summed E-state index contributed by atoms with van der Waals surface area (Å²) in [6, 6.07) is 12.4. The average molecular weight is 283 g/mol. The monoisotopic (exact) mass is 283 g/mol. The second-order valence-corrected chi connectivity index (χ2v) is 5.42. The Balaban J connectivity index is 2.02. The third kappa shape index (κ3) is 2.22. The number of nitriles is 1. The van der Waals surface area contributed by atoms with Crippen LogP contribution in [0.25, 0.3) is 10.2 Å². The molecule has 3 aromatic rings. The first-order valence-corrected chi connectivity index (χ1v) is 6.82. The highest BCUT2D eigenvalue weighted by atomic mass is 32.1. The number of anilines is 2. The molecule has 20 heavy (non-hydrogen) atoms. The van der Waals surface area contributed by atoms with E-state index >= 15 is 0 Å². The number of benzene rings is 2. The Morgan fingerprint density at radius 3 is 2.95 bits per heavy atom. The third-order valence-corrected chi connectivity index (χ3v) is 3.84. The minimum Gasteiger partial charge on any atom is -0.330 e. The quantitative estimate of drug-likeness (QED) is 0.760. The summed E-state index contributed by atoms with van der Waals surface area (Å²) in [4.78, 5) is 4.43. The Labute approximate surface area is 119 Å². The zero-order valence-corrected chi connectivity index (χ0v) is 11.5. The standard InChI is InChI=1S/C15H10FN3S/c1-9-5-6-13-14(7-9)20-15(19-13)18-12-4-2-3-11(16)10(12)8-17/h2-7H,1H3,(H,18,19). The topological polar surface area (TPSA) is 48.7 Å². The van der Waals surface area contributed by atoms with Crippen molar-refractivity contribution in [2.45, 2.75) is 6.92 Å². The molecule has 3 nitrogen and oxygen atoms in total. The minimum atomic E-state index is -0.533. The predicted octanol–water partition coefficient (Wildman–Crippen LogP) is 4.36. The van der Waals surface area contributed by atoms with Crippen LogP contribution in [-0.2, 0) is 0 Å². The van der Waals surface area contributed by atoms with Crippen molar-refractivity contribution >= 4 is 32.4 Å². The van der Waals surface area contributed by atoms with Gasteiger partial charge >= 0.3 is 0 Å². The van der Waals surface area contributed by atoms with Gasteiger partial charge in [-0.05, 0) is 36.8 Å². The maximum Gasteiger partial charge on any atom is 0.188 e. The Bertz CT molecular complexity index is 833. The molecule has 0 fully saturated rings. The van der Waals surface area contributed by atoms with E-state index in [-0.39, 0.29) is 5.56 Å². The lowest BCUT2D eigenvalue weighted by Crippen LogP contribution is -1.95. The SMILES string of the molecule is Cc1ccc2nc(Nc3cccc(F)c3C#N)sc2c1. The summed E-state index contributed by atoms with van der Waals surface area (Å²) in [6.45, 7) is 2.02. The number of halogens is 1. The van der Waals surface area contributed by atoms with E-state index < -0.39 is 5.82 Å². The van der Waals surface area contributed by atoms with Gasteiger partial charge in [-0.15, -0.1) is 0 Å². The fourth-order valence-corrected chi connectivity index (χ4v) is 2.92. The number of hydrogen-bond acceptors (Lipinski definition) is 4. The molecule has 2 aromatic carbocycles. The number of fused-ring (bicyclic) bond motifs is 1. The summed E-state index contributed by atoms with van der Waals surface area (Å²) < 4.78 is 14.6. The maximum atomic E-state index is 13.5. The molecular formula is C15H10FN3S. The summed E-state index contributed by atoms with van der Waals surface area (Å²) in [7, 11) is 0. The average Bonchev–Trinajstić information content (AvgIpc) is 2.80. The van der Waals surface area contributed by atoms with Crippen LogP contribution in [0.2, 0.25) is 0 Å². The minimum absolute atomic E-state index is 0.00272. The maximum absolute atomic E-state index is 13.5. The predicted molar refractivity (Wildman–Crippen MR) is 78.8 cm³/mol. The van der Waals surface area contributed by atoms with Gasteiger partial charge in [-0.25, -0.2) is 9.37 Å². The lowest BCUT2D eigenvalue weighted by molar-refractivity contribution is 0.624. The van der Waals surface area contributed by atoms with Crippen LogP contribution in [-0.4, -0.2) is 4.98 Å². The van der Waals surface area contributed by atoms with Crippen LogP contribution in [0, 0.1) is 24.1 Å². The van der Waals surface area contributed by atoms with Crippen LogP contribution in [0.15, 0.2) is 36.4 Å². The molecule has 0 amide bonds. The van der Waals surface area contributed by atoms with Gasteiger partial charge in [-0.1, -0.05) is 23.5 Å². The van der Waals surface area contributed by atoms with Crippen LogP contribution in [0.4, 0.5) is 15.2 Å². The van der Waals surface area contributed by atoms with Gasteiger partial charge in [0.1, 0.15) is 17.4 Å². The van der Waals surface area contributed by atoms with E-state index in [4.69, 9.17) is 5.26 Å². The highest BCUT2D eigenvalue weighted by Gasteiger charge is 2.10. The number of aryl methyl sites for hydroxylation is 1. The Kier molecular flexibility index (Phi) is 3.09. The Hall–Kier alpha value is -2.45. The molecule has 0 bridgehead atoms. The molecule has 5 heteroatoms. The van der Waals surface area contributed by atoms with Gasteiger partial charge in [0.15, 0.2) is 5.13 Å². The van der Waals surface area contributed by atoms with Gasteiger partial charge in [0.25, 0.3) is 0 Å². The molecule has 0 unspecified atom stereocenters. The summed E-state index contributed by atoms with van der Waals surface area (Å²) >= 11 is 1.48. The number of nitrogens with one attached hydrogen (secondary N) is 1. The highest BCUT2D eigenvalue weighted by Crippen LogP contribution is 2.30. The van der Waals surface area contributed by atoms with Crippen molar-refractivity contribution in [1.82, 2.24) is 4.98 Å². The smallest absolute Gasteiger partial charge is 0.188 e. The van der Waals surface area contributed by atoms with Gasteiger partial charge in [-0.2, -0.15) is 5.26 Å². The lowest BCUT2D eigenvalue weighted by Gasteiger charge is -2.04.